The molecule has 0 radical (unpaired) electrons. The Hall–Kier alpha value is -2.84. The highest BCUT2D eigenvalue weighted by Gasteiger charge is 2.28. The van der Waals surface area contributed by atoms with Gasteiger partial charge in [0, 0.05) is 5.70 Å². The summed E-state index contributed by atoms with van der Waals surface area (Å²) in [5.41, 5.74) is 5.37. The smallest absolute Gasteiger partial charge is 0.181 e. The van der Waals surface area contributed by atoms with Crippen LogP contribution in [0, 0.1) is 0 Å². The highest BCUT2D eigenvalue weighted by Crippen LogP contribution is 2.36. The minimum atomic E-state index is -0.875. The highest BCUT2D eigenvalue weighted by molar-refractivity contribution is 6.26. The molecule has 25 heavy (non-hydrogen) atoms. The number of aliphatic imine (C=N–C) groups is 1. The van der Waals surface area contributed by atoms with E-state index in [0.717, 1.165) is 16.8 Å². The van der Waals surface area contributed by atoms with E-state index in [4.69, 9.17) is 11.6 Å². The molecular weight excluding hydrogens is 328 g/mol. The van der Waals surface area contributed by atoms with Gasteiger partial charge >= 0.3 is 0 Å². The molecule has 2 nitrogen and oxygen atoms in total. The number of nitrogens with zero attached hydrogens (tertiary/aromatic N) is 1. The lowest BCUT2D eigenvalue weighted by Gasteiger charge is -2.25. The zero-order valence-corrected chi connectivity index (χ0v) is 14.3. The van der Waals surface area contributed by atoms with Gasteiger partial charge in [-0.1, -0.05) is 96.5 Å². The molecule has 0 saturated carbocycles. The molecule has 0 fully saturated rings. The second kappa shape index (κ2) is 6.58. The first-order chi connectivity index (χ1) is 12.2. The van der Waals surface area contributed by atoms with Crippen molar-refractivity contribution in [1.29, 1.82) is 0 Å². The number of benzene rings is 3. The van der Waals surface area contributed by atoms with Gasteiger partial charge in [-0.25, -0.2) is 4.99 Å². The van der Waals surface area contributed by atoms with Crippen LogP contribution in [0.5, 0.6) is 0 Å². The van der Waals surface area contributed by atoms with Gasteiger partial charge in [0.25, 0.3) is 0 Å². The number of nitrogens with one attached hydrogen (secondary N) is 1. The molecule has 3 heteroatoms. The summed E-state index contributed by atoms with van der Waals surface area (Å²) in [6.45, 7) is 0. The van der Waals surface area contributed by atoms with Crippen LogP contribution in [-0.2, 0) is 5.00 Å². The Kier molecular flexibility index (Phi) is 4.12. The average molecular weight is 345 g/mol. The van der Waals surface area contributed by atoms with Crippen LogP contribution in [0.3, 0.4) is 0 Å². The summed E-state index contributed by atoms with van der Waals surface area (Å²) in [4.78, 5) is 3.55. The lowest BCUT2D eigenvalue weighted by Crippen LogP contribution is -2.24. The summed E-state index contributed by atoms with van der Waals surface area (Å²) < 4.78 is 0. The van der Waals surface area contributed by atoms with Crippen LogP contribution in [-0.4, -0.2) is 6.34 Å². The normalized spacial score (nSPS) is 19.2. The van der Waals surface area contributed by atoms with Gasteiger partial charge < -0.3 is 5.32 Å². The molecule has 1 atom stereocenters. The molecule has 4 rings (SSSR count). The van der Waals surface area contributed by atoms with Gasteiger partial charge in [-0.2, -0.15) is 0 Å². The minimum Gasteiger partial charge on any atom is -0.346 e. The largest absolute Gasteiger partial charge is 0.346 e. The van der Waals surface area contributed by atoms with E-state index >= 15 is 0 Å². The quantitative estimate of drug-likeness (QED) is 0.498. The SMILES string of the molecule is ClC1(c2ccccc2)C=C(c2ccc(-c3ccccc3)cc2)NC=N1. The molecule has 0 amide bonds. The van der Waals surface area contributed by atoms with E-state index in [0.29, 0.717) is 0 Å². The Balaban J connectivity index is 1.66. The molecule has 122 valence electrons. The predicted molar refractivity (Wildman–Crippen MR) is 105 cm³/mol. The standard InChI is InChI=1S/C22H17ClN2/c23-22(20-9-5-2-6-10-20)15-21(24-16-25-22)19-13-11-18(12-14-19)17-7-3-1-4-8-17/h1-16H,(H,24,25). The van der Waals surface area contributed by atoms with Gasteiger partial charge in [-0.15, -0.1) is 0 Å². The second-order valence-electron chi connectivity index (χ2n) is 5.94. The second-order valence-corrected chi connectivity index (χ2v) is 6.52. The maximum atomic E-state index is 6.76. The van der Waals surface area contributed by atoms with Gasteiger partial charge in [0.05, 0.1) is 6.34 Å². The lowest BCUT2D eigenvalue weighted by atomic mass is 9.99. The number of alkyl halides is 1. The molecule has 0 bridgehead atoms. The third kappa shape index (κ3) is 3.21. The van der Waals surface area contributed by atoms with Crippen LogP contribution in [0.2, 0.25) is 0 Å². The summed E-state index contributed by atoms with van der Waals surface area (Å²) in [5, 5.41) is 3.20. The van der Waals surface area contributed by atoms with Crippen LogP contribution in [0.4, 0.5) is 0 Å². The topological polar surface area (TPSA) is 24.4 Å². The first kappa shape index (κ1) is 15.7. The number of hydrogen-bond donors (Lipinski definition) is 1. The Morgan fingerprint density at radius 2 is 1.24 bits per heavy atom. The fraction of sp³-hybridized carbons (Fsp3) is 0.0455. The van der Waals surface area contributed by atoms with Gasteiger partial charge in [-0.05, 0) is 28.3 Å². The number of rotatable bonds is 3. The van der Waals surface area contributed by atoms with Gasteiger partial charge in [0.15, 0.2) is 5.00 Å². The summed E-state index contributed by atoms with van der Waals surface area (Å²) in [5.74, 6) is 0. The fourth-order valence-electron chi connectivity index (χ4n) is 2.94. The molecule has 1 aliphatic heterocycles. The Labute approximate surface area is 152 Å². The number of hydrogen-bond acceptors (Lipinski definition) is 2. The van der Waals surface area contributed by atoms with Crippen molar-refractivity contribution in [3.63, 3.8) is 0 Å². The van der Waals surface area contributed by atoms with E-state index in [9.17, 15) is 0 Å². The first-order valence-electron chi connectivity index (χ1n) is 8.18. The summed E-state index contributed by atoms with van der Waals surface area (Å²) in [6.07, 6.45) is 3.63. The molecule has 1 aliphatic rings. The van der Waals surface area contributed by atoms with E-state index in [-0.39, 0.29) is 0 Å². The molecule has 3 aromatic carbocycles. The zero-order chi connectivity index (χ0) is 17.1. The Morgan fingerprint density at radius 3 is 1.92 bits per heavy atom. The van der Waals surface area contributed by atoms with Crippen LogP contribution in [0.25, 0.3) is 16.8 Å². The monoisotopic (exact) mass is 344 g/mol. The zero-order valence-electron chi connectivity index (χ0n) is 13.6. The molecule has 0 spiro atoms. The van der Waals surface area contributed by atoms with Crippen molar-refractivity contribution in [2.45, 2.75) is 5.00 Å². The average Bonchev–Trinajstić information content (AvgIpc) is 2.70. The molecule has 0 aromatic heterocycles. The number of halogens is 1. The molecule has 3 aromatic rings. The van der Waals surface area contributed by atoms with Crippen molar-refractivity contribution in [2.75, 3.05) is 0 Å². The van der Waals surface area contributed by atoms with E-state index in [1.54, 1.807) is 6.34 Å². The highest BCUT2D eigenvalue weighted by atomic mass is 35.5. The molecule has 0 saturated heterocycles. The van der Waals surface area contributed by atoms with E-state index in [1.165, 1.54) is 11.1 Å². The molecular formula is C22H17ClN2. The summed E-state index contributed by atoms with van der Waals surface area (Å²) in [6, 6.07) is 28.7. The molecule has 1 heterocycles. The van der Waals surface area contributed by atoms with Crippen molar-refractivity contribution in [3.05, 3.63) is 102 Å². The van der Waals surface area contributed by atoms with Gasteiger partial charge in [-0.3, -0.25) is 0 Å². The Bertz CT molecular complexity index is 915. The van der Waals surface area contributed by atoms with Crippen molar-refractivity contribution < 1.29 is 0 Å². The van der Waals surface area contributed by atoms with Gasteiger partial charge in [0.2, 0.25) is 0 Å². The van der Waals surface area contributed by atoms with Crippen molar-refractivity contribution in [2.24, 2.45) is 4.99 Å². The minimum absolute atomic E-state index is 0.875. The molecule has 0 aliphatic carbocycles. The Morgan fingerprint density at radius 1 is 0.680 bits per heavy atom. The summed E-state index contributed by atoms with van der Waals surface area (Å²) >= 11 is 6.76. The van der Waals surface area contributed by atoms with Crippen LogP contribution < -0.4 is 5.32 Å². The van der Waals surface area contributed by atoms with Crippen molar-refractivity contribution in [3.8, 4) is 11.1 Å². The van der Waals surface area contributed by atoms with Crippen LogP contribution in [0.1, 0.15) is 11.1 Å². The third-order valence-electron chi connectivity index (χ3n) is 4.29. The molecule has 1 unspecified atom stereocenters. The van der Waals surface area contributed by atoms with Crippen LogP contribution in [0.15, 0.2) is 96.0 Å². The van der Waals surface area contributed by atoms with E-state index < -0.39 is 5.00 Å². The van der Waals surface area contributed by atoms with Gasteiger partial charge in [0.1, 0.15) is 0 Å². The molecule has 1 N–H and O–H groups in total. The fourth-order valence-corrected chi connectivity index (χ4v) is 3.22. The first-order valence-corrected chi connectivity index (χ1v) is 8.56. The summed E-state index contributed by atoms with van der Waals surface area (Å²) in [7, 11) is 0. The maximum Gasteiger partial charge on any atom is 0.181 e. The predicted octanol–water partition coefficient (Wildman–Crippen LogP) is 5.42. The lowest BCUT2D eigenvalue weighted by molar-refractivity contribution is 0.799. The van der Waals surface area contributed by atoms with Crippen molar-refractivity contribution in [1.82, 2.24) is 5.32 Å². The maximum absolute atomic E-state index is 6.76. The van der Waals surface area contributed by atoms with E-state index in [2.05, 4.69) is 46.7 Å². The van der Waals surface area contributed by atoms with Crippen molar-refractivity contribution >= 4 is 23.6 Å². The van der Waals surface area contributed by atoms with Crippen LogP contribution >= 0.6 is 11.6 Å². The van der Waals surface area contributed by atoms with E-state index in [1.807, 2.05) is 54.6 Å². The third-order valence-corrected chi connectivity index (χ3v) is 4.71.